The first-order chi connectivity index (χ1) is 14.2. The summed E-state index contributed by atoms with van der Waals surface area (Å²) in [7, 11) is 0. The molecule has 0 bridgehead atoms. The van der Waals surface area contributed by atoms with Crippen LogP contribution in [-0.4, -0.2) is 55.1 Å². The molecule has 1 aliphatic rings. The van der Waals surface area contributed by atoms with Crippen molar-refractivity contribution in [2.24, 2.45) is 0 Å². The monoisotopic (exact) mass is 412 g/mol. The Bertz CT molecular complexity index is 954. The van der Waals surface area contributed by atoms with Crippen molar-refractivity contribution in [3.63, 3.8) is 0 Å². The van der Waals surface area contributed by atoms with Crippen LogP contribution in [0, 0.1) is 5.82 Å². The van der Waals surface area contributed by atoms with E-state index in [1.807, 2.05) is 18.2 Å². The first-order valence-corrected chi connectivity index (χ1v) is 10.8. The number of nitrogens with zero attached hydrogens (tertiary/aromatic N) is 3. The zero-order chi connectivity index (χ0) is 20.1. The molecule has 5 nitrogen and oxygen atoms in total. The van der Waals surface area contributed by atoms with Gasteiger partial charge >= 0.3 is 0 Å². The second-order valence-corrected chi connectivity index (χ2v) is 8.28. The number of hydrogen-bond donors (Lipinski definition) is 1. The molecule has 2 heterocycles. The molecule has 0 radical (unpaired) electrons. The molecule has 1 aliphatic heterocycles. The summed E-state index contributed by atoms with van der Waals surface area (Å²) in [6.45, 7) is 5.19. The smallest absolute Gasteiger partial charge is 0.220 e. The Morgan fingerprint density at radius 2 is 1.90 bits per heavy atom. The van der Waals surface area contributed by atoms with Crippen molar-refractivity contribution in [2.75, 3.05) is 44.2 Å². The molecule has 0 saturated carbocycles. The fourth-order valence-corrected chi connectivity index (χ4v) is 4.57. The Kier molecular flexibility index (Phi) is 6.36. The van der Waals surface area contributed by atoms with Crippen molar-refractivity contribution < 1.29 is 9.18 Å². The largest absolute Gasteiger partial charge is 0.355 e. The zero-order valence-corrected chi connectivity index (χ0v) is 17.1. The summed E-state index contributed by atoms with van der Waals surface area (Å²) in [6.07, 6.45) is 1.30. The number of carbonyl (C=O) groups is 1. The molecule has 152 valence electrons. The summed E-state index contributed by atoms with van der Waals surface area (Å²) in [4.78, 5) is 21.3. The van der Waals surface area contributed by atoms with Gasteiger partial charge in [-0.25, -0.2) is 9.37 Å². The molecule has 0 atom stereocenters. The van der Waals surface area contributed by atoms with Crippen LogP contribution in [0.3, 0.4) is 0 Å². The van der Waals surface area contributed by atoms with Crippen molar-refractivity contribution in [3.05, 3.63) is 59.9 Å². The van der Waals surface area contributed by atoms with E-state index in [-0.39, 0.29) is 11.7 Å². The van der Waals surface area contributed by atoms with E-state index in [0.717, 1.165) is 54.5 Å². The minimum Gasteiger partial charge on any atom is -0.355 e. The van der Waals surface area contributed by atoms with Crippen LogP contribution in [0.5, 0.6) is 0 Å². The van der Waals surface area contributed by atoms with Crippen molar-refractivity contribution in [2.45, 2.75) is 12.8 Å². The van der Waals surface area contributed by atoms with Gasteiger partial charge in [0.15, 0.2) is 5.13 Å². The Labute approximate surface area is 174 Å². The van der Waals surface area contributed by atoms with Gasteiger partial charge in [-0.2, -0.15) is 0 Å². The van der Waals surface area contributed by atoms with E-state index in [2.05, 4.69) is 32.2 Å². The molecule has 1 N–H and O–H groups in total. The average Bonchev–Trinajstić information content (AvgIpc) is 3.17. The molecule has 29 heavy (non-hydrogen) atoms. The predicted molar refractivity (Wildman–Crippen MR) is 116 cm³/mol. The van der Waals surface area contributed by atoms with Gasteiger partial charge in [0, 0.05) is 45.7 Å². The van der Waals surface area contributed by atoms with Gasteiger partial charge in [0.05, 0.1) is 10.2 Å². The van der Waals surface area contributed by atoms with E-state index in [9.17, 15) is 9.18 Å². The summed E-state index contributed by atoms with van der Waals surface area (Å²) in [5, 5.41) is 3.98. The van der Waals surface area contributed by atoms with Gasteiger partial charge < -0.3 is 10.2 Å². The van der Waals surface area contributed by atoms with Crippen molar-refractivity contribution in [1.29, 1.82) is 0 Å². The Balaban J connectivity index is 1.17. The predicted octanol–water partition coefficient (Wildman–Crippen LogP) is 3.31. The van der Waals surface area contributed by atoms with Crippen molar-refractivity contribution in [1.82, 2.24) is 15.2 Å². The van der Waals surface area contributed by atoms with Crippen LogP contribution in [0.4, 0.5) is 9.52 Å². The molecule has 3 aromatic rings. The first kappa shape index (κ1) is 19.8. The zero-order valence-electron chi connectivity index (χ0n) is 16.3. The number of aromatic nitrogens is 1. The van der Waals surface area contributed by atoms with Crippen LogP contribution in [0.15, 0.2) is 48.5 Å². The van der Waals surface area contributed by atoms with E-state index >= 15 is 0 Å². The van der Waals surface area contributed by atoms with Crippen LogP contribution >= 0.6 is 11.3 Å². The summed E-state index contributed by atoms with van der Waals surface area (Å²) < 4.78 is 14.3. The normalized spacial score (nSPS) is 15.0. The quantitative estimate of drug-likeness (QED) is 0.647. The topological polar surface area (TPSA) is 48.5 Å². The third-order valence-corrected chi connectivity index (χ3v) is 6.29. The van der Waals surface area contributed by atoms with Gasteiger partial charge in [0.1, 0.15) is 5.82 Å². The third-order valence-electron chi connectivity index (χ3n) is 5.22. The molecule has 0 unspecified atom stereocenters. The van der Waals surface area contributed by atoms with Crippen LogP contribution in [0.2, 0.25) is 0 Å². The number of thiazole rings is 1. The number of amides is 1. The lowest BCUT2D eigenvalue weighted by Crippen LogP contribution is -2.48. The minimum atomic E-state index is -0.219. The number of benzene rings is 2. The minimum absolute atomic E-state index is 0.106. The van der Waals surface area contributed by atoms with Gasteiger partial charge in [-0.3, -0.25) is 9.69 Å². The molecule has 1 aromatic heterocycles. The van der Waals surface area contributed by atoms with Crippen molar-refractivity contribution >= 4 is 32.6 Å². The number of piperazine rings is 1. The van der Waals surface area contributed by atoms with Gasteiger partial charge in [-0.05, 0) is 30.2 Å². The molecule has 7 heteroatoms. The molecule has 1 fully saturated rings. The second kappa shape index (κ2) is 9.33. The first-order valence-electron chi connectivity index (χ1n) is 10.0. The fraction of sp³-hybridized carbons (Fsp3) is 0.364. The highest BCUT2D eigenvalue weighted by atomic mass is 32.1. The van der Waals surface area contributed by atoms with Crippen LogP contribution in [0.25, 0.3) is 10.2 Å². The summed E-state index contributed by atoms with van der Waals surface area (Å²) in [5.41, 5.74) is 2.04. The number of halogens is 1. The van der Waals surface area contributed by atoms with Gasteiger partial charge in [0.2, 0.25) is 5.91 Å². The lowest BCUT2D eigenvalue weighted by molar-refractivity contribution is -0.121. The Morgan fingerprint density at radius 1 is 1.10 bits per heavy atom. The maximum absolute atomic E-state index is 13.4. The fourth-order valence-electron chi connectivity index (χ4n) is 3.53. The molecule has 4 rings (SSSR count). The van der Waals surface area contributed by atoms with E-state index in [1.54, 1.807) is 23.5 Å². The number of fused-ring (bicyclic) bond motifs is 1. The van der Waals surface area contributed by atoms with E-state index in [1.165, 1.54) is 11.6 Å². The van der Waals surface area contributed by atoms with E-state index in [4.69, 9.17) is 0 Å². The lowest BCUT2D eigenvalue weighted by atomic mass is 10.1. The number of hydrogen-bond acceptors (Lipinski definition) is 5. The van der Waals surface area contributed by atoms with Crippen LogP contribution < -0.4 is 10.2 Å². The SMILES string of the molecule is O=C(CCc1ccccc1)NCCN1CCN(c2nc3ccc(F)cc3s2)CC1. The van der Waals surface area contributed by atoms with Gasteiger partial charge in [-0.15, -0.1) is 0 Å². The summed E-state index contributed by atoms with van der Waals surface area (Å²) >= 11 is 1.54. The molecule has 0 aliphatic carbocycles. The maximum atomic E-state index is 13.4. The average molecular weight is 413 g/mol. The van der Waals surface area contributed by atoms with E-state index in [0.29, 0.717) is 13.0 Å². The lowest BCUT2D eigenvalue weighted by Gasteiger charge is -2.34. The Morgan fingerprint density at radius 3 is 2.69 bits per heavy atom. The summed E-state index contributed by atoms with van der Waals surface area (Å²) in [6, 6.07) is 14.8. The number of rotatable bonds is 7. The number of carbonyl (C=O) groups excluding carboxylic acids is 1. The summed E-state index contributed by atoms with van der Waals surface area (Å²) in [5.74, 6) is -0.113. The highest BCUT2D eigenvalue weighted by Gasteiger charge is 2.19. The van der Waals surface area contributed by atoms with Crippen molar-refractivity contribution in [3.8, 4) is 0 Å². The standard InChI is InChI=1S/C22H25FN4OS/c23-18-7-8-19-20(16-18)29-22(25-19)27-14-12-26(13-15-27)11-10-24-21(28)9-6-17-4-2-1-3-5-17/h1-5,7-8,16H,6,9-15H2,(H,24,28). The number of aryl methyl sites for hydroxylation is 1. The molecular formula is C22H25FN4OS. The van der Waals surface area contributed by atoms with Gasteiger partial charge in [-0.1, -0.05) is 41.7 Å². The van der Waals surface area contributed by atoms with Crippen LogP contribution in [-0.2, 0) is 11.2 Å². The third kappa shape index (κ3) is 5.31. The number of nitrogens with one attached hydrogen (secondary N) is 1. The molecule has 0 spiro atoms. The molecule has 2 aromatic carbocycles. The molecule has 1 amide bonds. The maximum Gasteiger partial charge on any atom is 0.220 e. The second-order valence-electron chi connectivity index (χ2n) is 7.27. The highest BCUT2D eigenvalue weighted by Crippen LogP contribution is 2.29. The molecular weight excluding hydrogens is 387 g/mol. The molecule has 1 saturated heterocycles. The Hall–Kier alpha value is -2.51. The van der Waals surface area contributed by atoms with Crippen LogP contribution in [0.1, 0.15) is 12.0 Å². The highest BCUT2D eigenvalue weighted by molar-refractivity contribution is 7.22. The van der Waals surface area contributed by atoms with E-state index < -0.39 is 0 Å². The number of anilines is 1. The van der Waals surface area contributed by atoms with Gasteiger partial charge in [0.25, 0.3) is 0 Å².